The molecular weight excluding hydrogens is 284 g/mol. The number of carboxylic acids is 1. The fourth-order valence-electron chi connectivity index (χ4n) is 2.88. The second kappa shape index (κ2) is 6.36. The molecule has 3 rings (SSSR count). The van der Waals surface area contributed by atoms with Crippen LogP contribution in [0.25, 0.3) is 0 Å². The van der Waals surface area contributed by atoms with Gasteiger partial charge < -0.3 is 19.9 Å². The van der Waals surface area contributed by atoms with Crippen molar-refractivity contribution < 1.29 is 19.4 Å². The third-order valence-corrected chi connectivity index (χ3v) is 4.25. The van der Waals surface area contributed by atoms with Crippen LogP contribution < -0.4 is 10.1 Å². The fourth-order valence-corrected chi connectivity index (χ4v) is 2.88. The highest BCUT2D eigenvalue weighted by atomic mass is 16.5. The Morgan fingerprint density at radius 2 is 2.14 bits per heavy atom. The minimum atomic E-state index is -0.991. The zero-order valence-electron chi connectivity index (χ0n) is 12.4. The summed E-state index contributed by atoms with van der Waals surface area (Å²) in [5.41, 5.74) is 1.00. The number of nitrogens with one attached hydrogen (secondary N) is 1. The normalized spacial score (nSPS) is 20.1. The van der Waals surface area contributed by atoms with E-state index in [2.05, 4.69) is 10.3 Å². The van der Waals surface area contributed by atoms with Crippen LogP contribution in [0, 0.1) is 5.41 Å². The minimum absolute atomic E-state index is 0.193. The highest BCUT2D eigenvalue weighted by Crippen LogP contribution is 2.33. The van der Waals surface area contributed by atoms with Crippen LogP contribution in [0.5, 0.6) is 5.75 Å². The zero-order valence-corrected chi connectivity index (χ0v) is 12.4. The van der Waals surface area contributed by atoms with Crippen LogP contribution >= 0.6 is 0 Å². The third kappa shape index (κ3) is 3.22. The highest BCUT2D eigenvalue weighted by Gasteiger charge is 2.35. The van der Waals surface area contributed by atoms with Crippen LogP contribution in [0.15, 0.2) is 29.3 Å². The maximum absolute atomic E-state index is 10.7. The van der Waals surface area contributed by atoms with E-state index in [9.17, 15) is 4.79 Å². The molecule has 0 aliphatic carbocycles. The van der Waals surface area contributed by atoms with Crippen molar-refractivity contribution >= 4 is 11.8 Å². The maximum Gasteiger partial charge on any atom is 0.341 e. The summed E-state index contributed by atoms with van der Waals surface area (Å²) in [5.74, 6) is 0.326. The lowest BCUT2D eigenvalue weighted by atomic mass is 9.79. The zero-order chi connectivity index (χ0) is 15.4. The van der Waals surface area contributed by atoms with Gasteiger partial charge in [-0.25, -0.2) is 4.79 Å². The summed E-state index contributed by atoms with van der Waals surface area (Å²) >= 11 is 0. The van der Waals surface area contributed by atoms with Gasteiger partial charge in [-0.1, -0.05) is 12.1 Å². The van der Waals surface area contributed by atoms with Crippen molar-refractivity contribution in [3.8, 4) is 5.75 Å². The van der Waals surface area contributed by atoms with E-state index in [-0.39, 0.29) is 12.0 Å². The number of benzene rings is 1. The molecule has 2 N–H and O–H groups in total. The monoisotopic (exact) mass is 304 g/mol. The molecule has 1 fully saturated rings. The molecule has 0 radical (unpaired) electrons. The largest absolute Gasteiger partial charge is 0.481 e. The number of carbonyl (C=O) groups is 1. The molecular formula is C16H20N2O4. The Hall–Kier alpha value is -2.08. The molecule has 1 aromatic carbocycles. The van der Waals surface area contributed by atoms with Crippen molar-refractivity contribution in [3.63, 3.8) is 0 Å². The molecule has 0 saturated carbocycles. The van der Waals surface area contributed by atoms with Crippen LogP contribution in [0.1, 0.15) is 18.4 Å². The van der Waals surface area contributed by atoms with E-state index in [4.69, 9.17) is 14.6 Å². The Balaban J connectivity index is 1.76. The number of para-hydroxylation sites is 1. The van der Waals surface area contributed by atoms with Crippen molar-refractivity contribution in [2.24, 2.45) is 10.4 Å². The second-order valence-corrected chi connectivity index (χ2v) is 5.81. The van der Waals surface area contributed by atoms with Gasteiger partial charge in [-0.15, -0.1) is 0 Å². The van der Waals surface area contributed by atoms with Gasteiger partial charge in [0.25, 0.3) is 0 Å². The molecule has 118 valence electrons. The number of rotatable bonds is 4. The Morgan fingerprint density at radius 3 is 2.82 bits per heavy atom. The summed E-state index contributed by atoms with van der Waals surface area (Å²) in [7, 11) is 0. The predicted molar refractivity (Wildman–Crippen MR) is 81.5 cm³/mol. The van der Waals surface area contributed by atoms with E-state index in [0.29, 0.717) is 5.75 Å². The van der Waals surface area contributed by atoms with Crippen LogP contribution in [-0.2, 0) is 9.53 Å². The molecule has 0 atom stereocenters. The molecule has 2 aliphatic rings. The van der Waals surface area contributed by atoms with Gasteiger partial charge in [0.05, 0.1) is 5.56 Å². The SMILES string of the molecule is O=C(O)COc1ccccc1C1=NCC2(CCOCC2)CN1. The average Bonchev–Trinajstić information content (AvgIpc) is 2.55. The van der Waals surface area contributed by atoms with Gasteiger partial charge in [0.1, 0.15) is 11.6 Å². The van der Waals surface area contributed by atoms with E-state index in [0.717, 1.165) is 50.5 Å². The van der Waals surface area contributed by atoms with E-state index in [1.165, 1.54) is 0 Å². The molecule has 1 saturated heterocycles. The second-order valence-electron chi connectivity index (χ2n) is 5.81. The first-order valence-electron chi connectivity index (χ1n) is 7.49. The summed E-state index contributed by atoms with van der Waals surface area (Å²) in [6, 6.07) is 7.38. The van der Waals surface area contributed by atoms with Gasteiger partial charge in [0.15, 0.2) is 6.61 Å². The molecule has 1 aromatic rings. The van der Waals surface area contributed by atoms with Gasteiger partial charge >= 0.3 is 5.97 Å². The Kier molecular flexibility index (Phi) is 4.29. The molecule has 2 aliphatic heterocycles. The molecule has 6 nitrogen and oxygen atoms in total. The number of amidine groups is 1. The minimum Gasteiger partial charge on any atom is -0.481 e. The summed E-state index contributed by atoms with van der Waals surface area (Å²) in [6.45, 7) is 2.87. The van der Waals surface area contributed by atoms with E-state index in [1.807, 2.05) is 18.2 Å². The highest BCUT2D eigenvalue weighted by molar-refractivity contribution is 6.01. The lowest BCUT2D eigenvalue weighted by Gasteiger charge is -2.39. The fraction of sp³-hybridized carbons (Fsp3) is 0.500. The van der Waals surface area contributed by atoms with Gasteiger partial charge in [0, 0.05) is 31.7 Å². The predicted octanol–water partition coefficient (Wildman–Crippen LogP) is 1.30. The van der Waals surface area contributed by atoms with Gasteiger partial charge in [-0.2, -0.15) is 0 Å². The number of ether oxygens (including phenoxy) is 2. The van der Waals surface area contributed by atoms with Crippen molar-refractivity contribution in [1.29, 1.82) is 0 Å². The molecule has 0 bridgehead atoms. The van der Waals surface area contributed by atoms with Crippen molar-refractivity contribution in [2.75, 3.05) is 32.9 Å². The quantitative estimate of drug-likeness (QED) is 0.876. The number of carboxylic acid groups (broad SMARTS) is 1. The van der Waals surface area contributed by atoms with E-state index < -0.39 is 5.97 Å². The maximum atomic E-state index is 10.7. The van der Waals surface area contributed by atoms with Crippen LogP contribution in [0.4, 0.5) is 0 Å². The number of nitrogens with zero attached hydrogens (tertiary/aromatic N) is 1. The summed E-state index contributed by atoms with van der Waals surface area (Å²) < 4.78 is 10.8. The molecule has 6 heteroatoms. The molecule has 0 amide bonds. The summed E-state index contributed by atoms with van der Waals surface area (Å²) in [4.78, 5) is 15.4. The van der Waals surface area contributed by atoms with Crippen molar-refractivity contribution in [3.05, 3.63) is 29.8 Å². The average molecular weight is 304 g/mol. The summed E-state index contributed by atoms with van der Waals surface area (Å²) in [5, 5.41) is 12.2. The molecule has 0 aromatic heterocycles. The number of hydrogen-bond donors (Lipinski definition) is 2. The van der Waals surface area contributed by atoms with Crippen LogP contribution in [0.2, 0.25) is 0 Å². The molecule has 1 spiro atoms. The van der Waals surface area contributed by atoms with E-state index in [1.54, 1.807) is 6.07 Å². The molecule has 22 heavy (non-hydrogen) atoms. The Bertz CT molecular complexity index is 579. The summed E-state index contributed by atoms with van der Waals surface area (Å²) in [6.07, 6.45) is 2.04. The first-order chi connectivity index (χ1) is 10.7. The molecule has 2 heterocycles. The van der Waals surface area contributed by atoms with E-state index >= 15 is 0 Å². The van der Waals surface area contributed by atoms with Gasteiger partial charge in [-0.3, -0.25) is 4.99 Å². The number of aliphatic carboxylic acids is 1. The lowest BCUT2D eigenvalue weighted by Crippen LogP contribution is -2.47. The molecule has 0 unspecified atom stereocenters. The lowest BCUT2D eigenvalue weighted by molar-refractivity contribution is -0.139. The first-order valence-corrected chi connectivity index (χ1v) is 7.49. The Labute approximate surface area is 129 Å². The smallest absolute Gasteiger partial charge is 0.341 e. The van der Waals surface area contributed by atoms with Crippen molar-refractivity contribution in [1.82, 2.24) is 5.32 Å². The standard InChI is InChI=1S/C16H20N2O4/c19-14(20)9-22-13-4-2-1-3-12(13)15-17-10-16(11-18-15)5-7-21-8-6-16/h1-4H,5-11H2,(H,17,18)(H,19,20). The van der Waals surface area contributed by atoms with Crippen LogP contribution in [-0.4, -0.2) is 49.8 Å². The Morgan fingerprint density at radius 1 is 1.36 bits per heavy atom. The van der Waals surface area contributed by atoms with Crippen molar-refractivity contribution in [2.45, 2.75) is 12.8 Å². The number of hydrogen-bond acceptors (Lipinski definition) is 5. The third-order valence-electron chi connectivity index (χ3n) is 4.25. The van der Waals surface area contributed by atoms with Gasteiger partial charge in [0.2, 0.25) is 0 Å². The first kappa shape index (κ1) is 14.8. The van der Waals surface area contributed by atoms with Crippen LogP contribution in [0.3, 0.4) is 0 Å². The number of aliphatic imine (C=N–C) groups is 1. The van der Waals surface area contributed by atoms with Gasteiger partial charge in [-0.05, 0) is 25.0 Å². The topological polar surface area (TPSA) is 80.2 Å².